The summed E-state index contributed by atoms with van der Waals surface area (Å²) in [7, 11) is 0. The fourth-order valence-electron chi connectivity index (χ4n) is 2.50. The Morgan fingerprint density at radius 3 is 2.64 bits per heavy atom. The molecule has 0 atom stereocenters. The monoisotopic (exact) mass is 357 g/mol. The average molecular weight is 357 g/mol. The van der Waals surface area contributed by atoms with Gasteiger partial charge in [0.05, 0.1) is 28.5 Å². The van der Waals surface area contributed by atoms with Crippen molar-refractivity contribution in [2.45, 2.75) is 19.5 Å². The van der Waals surface area contributed by atoms with Gasteiger partial charge < -0.3 is 4.74 Å². The lowest BCUT2D eigenvalue weighted by molar-refractivity contribution is -0.137. The number of hydrogen-bond acceptors (Lipinski definition) is 3. The number of benzene rings is 1. The molecule has 0 unspecified atom stereocenters. The van der Waals surface area contributed by atoms with Crippen molar-refractivity contribution in [2.24, 2.45) is 0 Å². The Bertz CT molecular complexity index is 904. The predicted molar refractivity (Wildman–Crippen MR) is 80.1 cm³/mol. The van der Waals surface area contributed by atoms with Crippen LogP contribution in [0.1, 0.15) is 11.4 Å². The Kier molecular flexibility index (Phi) is 4.32. The number of aryl methyl sites for hydroxylation is 1. The van der Waals surface area contributed by atoms with Gasteiger partial charge in [-0.1, -0.05) is 0 Å². The number of aromatic nitrogens is 3. The molecular formula is C16H12F5N3O. The van der Waals surface area contributed by atoms with E-state index in [2.05, 4.69) is 9.97 Å². The molecule has 0 saturated carbocycles. The standard InChI is InChI=1S/C16H12F5N3O/c1-9-23-11-6-10(16(19,20)21)2-3-12(11)24(9)13-4-5-22-7-14(13)25-8-15(17)18/h2-7,15H,8H2,1H3. The van der Waals surface area contributed by atoms with E-state index in [0.29, 0.717) is 17.0 Å². The topological polar surface area (TPSA) is 39.9 Å². The molecule has 3 rings (SSSR count). The minimum atomic E-state index is -4.48. The van der Waals surface area contributed by atoms with Crippen LogP contribution in [0.5, 0.6) is 5.75 Å². The van der Waals surface area contributed by atoms with Gasteiger partial charge in [-0.3, -0.25) is 9.55 Å². The molecule has 0 amide bonds. The highest BCUT2D eigenvalue weighted by atomic mass is 19.4. The number of fused-ring (bicyclic) bond motifs is 1. The fourth-order valence-corrected chi connectivity index (χ4v) is 2.50. The van der Waals surface area contributed by atoms with Gasteiger partial charge in [-0.05, 0) is 31.2 Å². The first kappa shape index (κ1) is 17.1. The lowest BCUT2D eigenvalue weighted by atomic mass is 10.2. The second-order valence-electron chi connectivity index (χ2n) is 5.24. The number of hydrogen-bond donors (Lipinski definition) is 0. The quantitative estimate of drug-likeness (QED) is 0.650. The summed E-state index contributed by atoms with van der Waals surface area (Å²) in [6.07, 6.45) is -4.44. The predicted octanol–water partition coefficient (Wildman–Crippen LogP) is 4.39. The summed E-state index contributed by atoms with van der Waals surface area (Å²) in [6, 6.07) is 4.70. The highest BCUT2D eigenvalue weighted by molar-refractivity contribution is 5.79. The van der Waals surface area contributed by atoms with Gasteiger partial charge >= 0.3 is 6.18 Å². The lowest BCUT2D eigenvalue weighted by Crippen LogP contribution is -2.10. The van der Waals surface area contributed by atoms with Crippen molar-refractivity contribution in [1.29, 1.82) is 0 Å². The van der Waals surface area contributed by atoms with Crippen LogP contribution in [-0.2, 0) is 6.18 Å². The first-order valence-electron chi connectivity index (χ1n) is 7.19. The summed E-state index contributed by atoms with van der Waals surface area (Å²) >= 11 is 0. The summed E-state index contributed by atoms with van der Waals surface area (Å²) in [5.74, 6) is 0.479. The Hall–Kier alpha value is -2.71. The summed E-state index contributed by atoms with van der Waals surface area (Å²) in [5, 5.41) is 0. The zero-order valence-electron chi connectivity index (χ0n) is 12.9. The van der Waals surface area contributed by atoms with Crippen molar-refractivity contribution in [2.75, 3.05) is 6.61 Å². The van der Waals surface area contributed by atoms with Crippen LogP contribution in [0, 0.1) is 6.92 Å². The fraction of sp³-hybridized carbons (Fsp3) is 0.250. The molecule has 2 aromatic heterocycles. The molecule has 0 saturated heterocycles. The smallest absolute Gasteiger partial charge is 0.416 e. The molecule has 0 aliphatic rings. The van der Waals surface area contributed by atoms with Crippen LogP contribution in [0.3, 0.4) is 0 Å². The number of rotatable bonds is 4. The molecule has 1 aromatic carbocycles. The molecule has 25 heavy (non-hydrogen) atoms. The average Bonchev–Trinajstić information content (AvgIpc) is 2.87. The van der Waals surface area contributed by atoms with Crippen molar-refractivity contribution in [3.63, 3.8) is 0 Å². The molecule has 0 spiro atoms. The Morgan fingerprint density at radius 2 is 1.96 bits per heavy atom. The van der Waals surface area contributed by atoms with E-state index < -0.39 is 24.8 Å². The van der Waals surface area contributed by atoms with Crippen LogP contribution < -0.4 is 4.74 Å². The molecule has 2 heterocycles. The van der Waals surface area contributed by atoms with Crippen molar-refractivity contribution >= 4 is 11.0 Å². The molecule has 0 radical (unpaired) electrons. The van der Waals surface area contributed by atoms with Crippen LogP contribution >= 0.6 is 0 Å². The van der Waals surface area contributed by atoms with Gasteiger partial charge in [0.1, 0.15) is 12.4 Å². The van der Waals surface area contributed by atoms with Crippen LogP contribution in [0.25, 0.3) is 16.7 Å². The number of pyridine rings is 1. The van der Waals surface area contributed by atoms with E-state index in [-0.39, 0.29) is 11.3 Å². The Balaban J connectivity index is 2.12. The molecule has 132 valence electrons. The van der Waals surface area contributed by atoms with E-state index in [0.717, 1.165) is 12.1 Å². The second kappa shape index (κ2) is 6.30. The molecule has 0 fully saturated rings. The molecule has 4 nitrogen and oxygen atoms in total. The minimum Gasteiger partial charge on any atom is -0.484 e. The maximum absolute atomic E-state index is 12.9. The molecule has 0 N–H and O–H groups in total. The molecule has 0 aliphatic heterocycles. The molecule has 0 aliphatic carbocycles. The summed E-state index contributed by atoms with van der Waals surface area (Å²) in [4.78, 5) is 7.98. The van der Waals surface area contributed by atoms with Gasteiger partial charge in [0.2, 0.25) is 0 Å². The third kappa shape index (κ3) is 3.40. The van der Waals surface area contributed by atoms with E-state index in [1.807, 2.05) is 0 Å². The van der Waals surface area contributed by atoms with Gasteiger partial charge in [0.15, 0.2) is 5.75 Å². The van der Waals surface area contributed by atoms with E-state index in [9.17, 15) is 22.0 Å². The number of halogens is 5. The van der Waals surface area contributed by atoms with Crippen LogP contribution in [0.4, 0.5) is 22.0 Å². The number of nitrogens with zero attached hydrogens (tertiary/aromatic N) is 3. The second-order valence-corrected chi connectivity index (χ2v) is 5.24. The zero-order chi connectivity index (χ0) is 18.2. The lowest BCUT2D eigenvalue weighted by Gasteiger charge is -2.13. The summed E-state index contributed by atoms with van der Waals surface area (Å²) in [6.45, 7) is 0.785. The van der Waals surface area contributed by atoms with Crippen molar-refractivity contribution in [1.82, 2.24) is 14.5 Å². The third-order valence-corrected chi connectivity index (χ3v) is 3.52. The minimum absolute atomic E-state index is 0.0881. The van der Waals surface area contributed by atoms with Crippen LogP contribution in [0.2, 0.25) is 0 Å². The summed E-state index contributed by atoms with van der Waals surface area (Å²) in [5.41, 5.74) is 0.103. The Labute approximate surface area is 138 Å². The normalized spacial score (nSPS) is 12.1. The first-order valence-corrected chi connectivity index (χ1v) is 7.19. The maximum atomic E-state index is 12.9. The van der Waals surface area contributed by atoms with Gasteiger partial charge in [-0.2, -0.15) is 13.2 Å². The Morgan fingerprint density at radius 1 is 1.20 bits per heavy atom. The zero-order valence-corrected chi connectivity index (χ0v) is 12.9. The van der Waals surface area contributed by atoms with E-state index in [1.54, 1.807) is 6.92 Å². The first-order chi connectivity index (χ1) is 11.8. The van der Waals surface area contributed by atoms with Gasteiger partial charge in [0, 0.05) is 6.20 Å². The van der Waals surface area contributed by atoms with E-state index >= 15 is 0 Å². The van der Waals surface area contributed by atoms with E-state index in [1.165, 1.54) is 29.1 Å². The van der Waals surface area contributed by atoms with Crippen molar-refractivity contribution in [3.05, 3.63) is 48.0 Å². The van der Waals surface area contributed by atoms with Crippen LogP contribution in [0.15, 0.2) is 36.7 Å². The van der Waals surface area contributed by atoms with Crippen molar-refractivity contribution < 1.29 is 26.7 Å². The number of alkyl halides is 5. The molecule has 9 heteroatoms. The van der Waals surface area contributed by atoms with Crippen molar-refractivity contribution in [3.8, 4) is 11.4 Å². The van der Waals surface area contributed by atoms with Gasteiger partial charge in [-0.15, -0.1) is 0 Å². The summed E-state index contributed by atoms with van der Waals surface area (Å²) < 4.78 is 70.0. The maximum Gasteiger partial charge on any atom is 0.416 e. The van der Waals surface area contributed by atoms with E-state index in [4.69, 9.17) is 4.74 Å². The SMILES string of the molecule is Cc1nc2cc(C(F)(F)F)ccc2n1-c1ccncc1OCC(F)F. The number of imidazole rings is 1. The number of ether oxygens (including phenoxy) is 1. The molecule has 0 bridgehead atoms. The van der Waals surface area contributed by atoms with Gasteiger partial charge in [0.25, 0.3) is 6.43 Å². The van der Waals surface area contributed by atoms with Gasteiger partial charge in [-0.25, -0.2) is 13.8 Å². The molecule has 3 aromatic rings. The van der Waals surface area contributed by atoms with Crippen LogP contribution in [-0.4, -0.2) is 27.6 Å². The highest BCUT2D eigenvalue weighted by Crippen LogP contribution is 2.33. The third-order valence-electron chi connectivity index (χ3n) is 3.52. The largest absolute Gasteiger partial charge is 0.484 e. The highest BCUT2D eigenvalue weighted by Gasteiger charge is 2.31. The molecular weight excluding hydrogens is 345 g/mol.